The fourth-order valence-electron chi connectivity index (χ4n) is 1.67. The molecule has 2 rings (SSSR count). The van der Waals surface area contributed by atoms with E-state index >= 15 is 0 Å². The molecule has 0 bridgehead atoms. The highest BCUT2D eigenvalue weighted by Crippen LogP contribution is 2.22. The summed E-state index contributed by atoms with van der Waals surface area (Å²) in [6, 6.07) is 12.7. The maximum Gasteiger partial charge on any atom is 0.242 e. The van der Waals surface area contributed by atoms with Crippen LogP contribution in [-0.4, -0.2) is 27.4 Å². The molecule has 0 aromatic heterocycles. The van der Waals surface area contributed by atoms with E-state index in [1.54, 1.807) is 37.2 Å². The first-order chi connectivity index (χ1) is 8.50. The Labute approximate surface area is 107 Å². The number of hydrogen-bond acceptors (Lipinski definition) is 3. The average molecular weight is 263 g/mol. The molecule has 1 N–H and O–H groups in total. The summed E-state index contributed by atoms with van der Waals surface area (Å²) in [4.78, 5) is 1.93. The topological polar surface area (TPSA) is 49.4 Å². The van der Waals surface area contributed by atoms with Gasteiger partial charge in [-0.15, -0.1) is 0 Å². The molecule has 0 amide bonds. The van der Waals surface area contributed by atoms with Gasteiger partial charge in [0.1, 0.15) is 6.67 Å². The third kappa shape index (κ3) is 2.69. The number of fused-ring (bicyclic) bond motifs is 1. The number of nitrogens with one attached hydrogen (secondary N) is 1. The Kier molecular flexibility index (Phi) is 3.65. The minimum absolute atomic E-state index is 0.290. The summed E-state index contributed by atoms with van der Waals surface area (Å²) >= 11 is 0. The summed E-state index contributed by atoms with van der Waals surface area (Å²) in [6.07, 6.45) is 0. The summed E-state index contributed by atoms with van der Waals surface area (Å²) in [7, 11) is -0.0180. The van der Waals surface area contributed by atoms with Crippen LogP contribution >= 0.6 is 0 Å². The molecule has 18 heavy (non-hydrogen) atoms. The summed E-state index contributed by atoms with van der Waals surface area (Å²) in [5.41, 5.74) is 0. The van der Waals surface area contributed by atoms with Crippen molar-refractivity contribution in [2.45, 2.75) is 4.90 Å². The molecule has 1 radical (unpaired) electrons. The standard InChI is InChI=1S/C13H15N2O2S/c1-15(2)10-14-18(16,17)13-9-5-7-11-6-3-4-8-12(11)13/h3-10,14H,1-2H3. The van der Waals surface area contributed by atoms with Crippen molar-refractivity contribution in [2.24, 2.45) is 0 Å². The first-order valence-corrected chi connectivity index (χ1v) is 6.99. The Morgan fingerprint density at radius 1 is 1.06 bits per heavy atom. The van der Waals surface area contributed by atoms with Gasteiger partial charge in [-0.1, -0.05) is 36.4 Å². The molecule has 2 aromatic carbocycles. The zero-order valence-corrected chi connectivity index (χ0v) is 11.1. The first-order valence-electron chi connectivity index (χ1n) is 5.50. The van der Waals surface area contributed by atoms with Gasteiger partial charge in [-0.3, -0.25) is 4.90 Å². The van der Waals surface area contributed by atoms with Gasteiger partial charge in [0.2, 0.25) is 10.0 Å². The maximum absolute atomic E-state index is 12.2. The molecule has 0 fully saturated rings. The summed E-state index contributed by atoms with van der Waals surface area (Å²) < 4.78 is 26.8. The van der Waals surface area contributed by atoms with E-state index in [0.717, 1.165) is 10.8 Å². The molecule has 4 nitrogen and oxygen atoms in total. The van der Waals surface area contributed by atoms with Crippen molar-refractivity contribution in [2.75, 3.05) is 14.1 Å². The van der Waals surface area contributed by atoms with E-state index in [4.69, 9.17) is 0 Å². The number of benzene rings is 2. The Morgan fingerprint density at radius 3 is 2.44 bits per heavy atom. The smallest absolute Gasteiger partial charge is 0.242 e. The number of hydrogen-bond donors (Lipinski definition) is 1. The molecule has 0 saturated heterocycles. The minimum Gasteiger partial charge on any atom is -0.291 e. The van der Waals surface area contributed by atoms with Gasteiger partial charge in [0.15, 0.2) is 0 Å². The lowest BCUT2D eigenvalue weighted by Gasteiger charge is -2.12. The highest BCUT2D eigenvalue weighted by Gasteiger charge is 2.16. The quantitative estimate of drug-likeness (QED) is 0.915. The molecule has 5 heteroatoms. The van der Waals surface area contributed by atoms with Crippen LogP contribution in [0, 0.1) is 6.67 Å². The van der Waals surface area contributed by atoms with Gasteiger partial charge in [0.05, 0.1) is 4.90 Å². The highest BCUT2D eigenvalue weighted by molar-refractivity contribution is 7.89. The third-order valence-corrected chi connectivity index (χ3v) is 3.86. The SMILES string of the molecule is CN(C)[CH]NS(=O)(=O)c1cccc2ccccc12. The van der Waals surface area contributed by atoms with Gasteiger partial charge in [-0.05, 0) is 25.5 Å². The van der Waals surface area contributed by atoms with E-state index in [2.05, 4.69) is 4.72 Å². The van der Waals surface area contributed by atoms with Crippen molar-refractivity contribution in [1.29, 1.82) is 0 Å². The normalized spacial score (nSPS) is 12.2. The Balaban J connectivity index is 2.47. The fourth-order valence-corrected chi connectivity index (χ4v) is 2.88. The third-order valence-electron chi connectivity index (χ3n) is 2.51. The van der Waals surface area contributed by atoms with Crippen molar-refractivity contribution in [3.05, 3.63) is 49.1 Å². The molecular formula is C13H15N2O2S. The molecule has 95 valence electrons. The van der Waals surface area contributed by atoms with Gasteiger partial charge in [0.25, 0.3) is 0 Å². The van der Waals surface area contributed by atoms with Crippen LogP contribution in [0.15, 0.2) is 47.4 Å². The summed E-state index contributed by atoms with van der Waals surface area (Å²) in [5.74, 6) is 0. The van der Waals surface area contributed by atoms with Crippen molar-refractivity contribution in [1.82, 2.24) is 9.62 Å². The molecule has 0 heterocycles. The largest absolute Gasteiger partial charge is 0.291 e. The number of nitrogens with zero attached hydrogens (tertiary/aromatic N) is 1. The summed E-state index contributed by atoms with van der Waals surface area (Å²) in [6.45, 7) is 1.41. The molecule has 0 atom stereocenters. The Bertz CT molecular complexity index is 646. The van der Waals surface area contributed by atoms with Crippen LogP contribution in [0.5, 0.6) is 0 Å². The fraction of sp³-hybridized carbons (Fsp3) is 0.154. The van der Waals surface area contributed by atoms with Crippen LogP contribution in [0.3, 0.4) is 0 Å². The predicted molar refractivity (Wildman–Crippen MR) is 72.3 cm³/mol. The van der Waals surface area contributed by atoms with Gasteiger partial charge in [-0.2, -0.15) is 4.72 Å². The van der Waals surface area contributed by atoms with Crippen LogP contribution in [-0.2, 0) is 10.0 Å². The van der Waals surface area contributed by atoms with Crippen molar-refractivity contribution < 1.29 is 8.42 Å². The molecule has 0 saturated carbocycles. The van der Waals surface area contributed by atoms with Gasteiger partial charge < -0.3 is 0 Å². The zero-order chi connectivity index (χ0) is 13.2. The Hall–Kier alpha value is -1.43. The molecule has 0 unspecified atom stereocenters. The van der Waals surface area contributed by atoms with Crippen LogP contribution in [0.2, 0.25) is 0 Å². The van der Waals surface area contributed by atoms with Gasteiger partial charge >= 0.3 is 0 Å². The van der Waals surface area contributed by atoms with Crippen LogP contribution in [0.4, 0.5) is 0 Å². The van der Waals surface area contributed by atoms with E-state index in [0.29, 0.717) is 4.90 Å². The second-order valence-corrected chi connectivity index (χ2v) is 5.87. The van der Waals surface area contributed by atoms with Crippen molar-refractivity contribution >= 4 is 20.8 Å². The lowest BCUT2D eigenvalue weighted by molar-refractivity contribution is 0.473. The molecule has 2 aromatic rings. The van der Waals surface area contributed by atoms with Crippen LogP contribution < -0.4 is 4.72 Å². The second kappa shape index (κ2) is 5.06. The van der Waals surface area contributed by atoms with E-state index in [1.807, 2.05) is 24.3 Å². The predicted octanol–water partition coefficient (Wildman–Crippen LogP) is 1.80. The molecule has 0 aliphatic carbocycles. The van der Waals surface area contributed by atoms with Gasteiger partial charge in [0, 0.05) is 5.39 Å². The summed E-state index contributed by atoms with van der Waals surface area (Å²) in [5, 5.41) is 1.63. The number of sulfonamides is 1. The second-order valence-electron chi connectivity index (χ2n) is 4.19. The van der Waals surface area contributed by atoms with Gasteiger partial charge in [-0.25, -0.2) is 8.42 Å². The molecular weight excluding hydrogens is 248 g/mol. The monoisotopic (exact) mass is 263 g/mol. The van der Waals surface area contributed by atoms with E-state index in [-0.39, 0.29) is 0 Å². The van der Waals surface area contributed by atoms with Crippen molar-refractivity contribution in [3.63, 3.8) is 0 Å². The first kappa shape index (κ1) is 13.0. The zero-order valence-electron chi connectivity index (χ0n) is 10.3. The molecule has 0 aliphatic rings. The average Bonchev–Trinajstić information content (AvgIpc) is 2.36. The lowest BCUT2D eigenvalue weighted by atomic mass is 10.1. The van der Waals surface area contributed by atoms with Crippen molar-refractivity contribution in [3.8, 4) is 0 Å². The molecule has 0 aliphatic heterocycles. The lowest BCUT2D eigenvalue weighted by Crippen LogP contribution is -2.28. The highest BCUT2D eigenvalue weighted by atomic mass is 32.2. The number of rotatable bonds is 4. The minimum atomic E-state index is -3.53. The molecule has 0 spiro atoms. The van der Waals surface area contributed by atoms with Crippen LogP contribution in [0.1, 0.15) is 0 Å². The van der Waals surface area contributed by atoms with E-state index in [9.17, 15) is 8.42 Å². The van der Waals surface area contributed by atoms with Crippen LogP contribution in [0.25, 0.3) is 10.8 Å². The maximum atomic E-state index is 12.2. The Morgan fingerprint density at radius 2 is 1.72 bits per heavy atom. The van der Waals surface area contributed by atoms with E-state index < -0.39 is 10.0 Å². The van der Waals surface area contributed by atoms with E-state index in [1.165, 1.54) is 6.67 Å².